The van der Waals surface area contributed by atoms with E-state index in [1.165, 1.54) is 0 Å². The maximum absolute atomic E-state index is 12.9. The zero-order chi connectivity index (χ0) is 21.5. The van der Waals surface area contributed by atoms with Gasteiger partial charge in [0.15, 0.2) is 0 Å². The van der Waals surface area contributed by atoms with E-state index in [0.717, 1.165) is 33.9 Å². The van der Waals surface area contributed by atoms with Gasteiger partial charge >= 0.3 is 12.2 Å². The van der Waals surface area contributed by atoms with Crippen molar-refractivity contribution in [2.45, 2.75) is 32.5 Å². The number of fused-ring (bicyclic) bond motifs is 1. The van der Waals surface area contributed by atoms with Crippen LogP contribution in [-0.2, 0) is 6.54 Å². The van der Waals surface area contributed by atoms with Crippen molar-refractivity contribution in [2.75, 3.05) is 35.7 Å². The van der Waals surface area contributed by atoms with E-state index >= 15 is 0 Å². The number of rotatable bonds is 3. The summed E-state index contributed by atoms with van der Waals surface area (Å²) < 4.78 is 38.7. The Kier molecular flexibility index (Phi) is 5.26. The summed E-state index contributed by atoms with van der Waals surface area (Å²) in [7, 11) is 1.75. The number of hydrogen-bond donors (Lipinski definition) is 2. The molecule has 2 amide bonds. The molecule has 0 unspecified atom stereocenters. The summed E-state index contributed by atoms with van der Waals surface area (Å²) in [5.41, 5.74) is 5.68. The second-order valence-electron chi connectivity index (χ2n) is 8.09. The molecule has 0 saturated carbocycles. The van der Waals surface area contributed by atoms with Crippen LogP contribution >= 0.6 is 0 Å². The van der Waals surface area contributed by atoms with Gasteiger partial charge in [0.05, 0.1) is 5.92 Å². The molecule has 5 nitrogen and oxygen atoms in total. The van der Waals surface area contributed by atoms with E-state index in [-0.39, 0.29) is 18.9 Å². The lowest BCUT2D eigenvalue weighted by Gasteiger charge is -2.34. The highest BCUT2D eigenvalue weighted by atomic mass is 19.4. The Bertz CT molecular complexity index is 952. The van der Waals surface area contributed by atoms with Crippen molar-refractivity contribution in [1.82, 2.24) is 4.90 Å². The molecule has 8 heteroatoms. The quantitative estimate of drug-likeness (QED) is 0.693. The van der Waals surface area contributed by atoms with Gasteiger partial charge in [-0.1, -0.05) is 0 Å². The smallest absolute Gasteiger partial charge is 0.371 e. The highest BCUT2D eigenvalue weighted by Gasteiger charge is 2.41. The summed E-state index contributed by atoms with van der Waals surface area (Å²) in [6, 6.07) is 11.6. The van der Waals surface area contributed by atoms with Gasteiger partial charge in [-0.25, -0.2) is 4.79 Å². The highest BCUT2D eigenvalue weighted by Crippen LogP contribution is 2.36. The number of nitrogens with zero attached hydrogens (tertiary/aromatic N) is 2. The van der Waals surface area contributed by atoms with Crippen molar-refractivity contribution >= 4 is 28.8 Å². The molecule has 30 heavy (non-hydrogen) atoms. The van der Waals surface area contributed by atoms with Gasteiger partial charge in [-0.2, -0.15) is 13.2 Å². The molecule has 2 aromatic rings. The van der Waals surface area contributed by atoms with Crippen LogP contribution in [0.15, 0.2) is 36.4 Å². The van der Waals surface area contributed by atoms with Crippen molar-refractivity contribution in [3.05, 3.63) is 47.5 Å². The average molecular weight is 418 g/mol. The lowest BCUT2D eigenvalue weighted by Crippen LogP contribution is -2.39. The van der Waals surface area contributed by atoms with E-state index in [1.807, 2.05) is 48.2 Å². The third kappa shape index (κ3) is 4.17. The maximum Gasteiger partial charge on any atom is 0.391 e. The van der Waals surface area contributed by atoms with E-state index in [1.54, 1.807) is 11.9 Å². The highest BCUT2D eigenvalue weighted by molar-refractivity contribution is 5.92. The molecule has 0 aliphatic carbocycles. The van der Waals surface area contributed by atoms with Gasteiger partial charge in [0.1, 0.15) is 0 Å². The Balaban J connectivity index is 1.45. The van der Waals surface area contributed by atoms with Gasteiger partial charge in [-0.05, 0) is 67.3 Å². The molecule has 2 N–H and O–H groups in total. The fourth-order valence-electron chi connectivity index (χ4n) is 4.07. The first-order valence-corrected chi connectivity index (χ1v) is 10.0. The van der Waals surface area contributed by atoms with E-state index in [4.69, 9.17) is 0 Å². The SMILES string of the molecule is Cc1cc(N2CCC(C(F)(F)F)CC2)ccc1Nc1ccc2c(c1)CN(C)C(=O)N2. The number of carbonyl (C=O) groups excluding carboxylic acids is 1. The standard InChI is InChI=1S/C22H25F3N4O/c1-14-11-18(29-9-7-16(8-10-29)22(23,24)25)4-6-19(14)26-17-3-5-20-15(12-17)13-28(2)21(30)27-20/h3-6,11-12,16,26H,7-10,13H2,1-2H3,(H,27,30). The van der Waals surface area contributed by atoms with Crippen LogP contribution in [0.2, 0.25) is 0 Å². The normalized spacial score (nSPS) is 17.6. The van der Waals surface area contributed by atoms with Crippen molar-refractivity contribution in [3.63, 3.8) is 0 Å². The molecule has 0 spiro atoms. The Morgan fingerprint density at radius 2 is 1.83 bits per heavy atom. The minimum absolute atomic E-state index is 0.117. The molecule has 160 valence electrons. The third-order valence-corrected chi connectivity index (χ3v) is 5.91. The summed E-state index contributed by atoms with van der Waals surface area (Å²) >= 11 is 0. The Labute approximate surface area is 173 Å². The number of amides is 2. The van der Waals surface area contributed by atoms with Crippen LogP contribution < -0.4 is 15.5 Å². The van der Waals surface area contributed by atoms with E-state index < -0.39 is 12.1 Å². The zero-order valence-electron chi connectivity index (χ0n) is 17.0. The molecular formula is C22H25F3N4O. The minimum Gasteiger partial charge on any atom is -0.371 e. The monoisotopic (exact) mass is 418 g/mol. The second kappa shape index (κ2) is 7.74. The lowest BCUT2D eigenvalue weighted by molar-refractivity contribution is -0.179. The number of hydrogen-bond acceptors (Lipinski definition) is 3. The summed E-state index contributed by atoms with van der Waals surface area (Å²) in [5, 5.41) is 6.26. The van der Waals surface area contributed by atoms with Crippen LogP contribution in [0, 0.1) is 12.8 Å². The van der Waals surface area contributed by atoms with Gasteiger partial charge in [0.2, 0.25) is 0 Å². The summed E-state index contributed by atoms with van der Waals surface area (Å²) in [6.45, 7) is 3.37. The number of carbonyl (C=O) groups is 1. The summed E-state index contributed by atoms with van der Waals surface area (Å²) in [4.78, 5) is 15.4. The van der Waals surface area contributed by atoms with Crippen LogP contribution in [0.3, 0.4) is 0 Å². The molecule has 0 bridgehead atoms. The Morgan fingerprint density at radius 3 is 2.50 bits per heavy atom. The number of nitrogens with one attached hydrogen (secondary N) is 2. The van der Waals surface area contributed by atoms with E-state index in [2.05, 4.69) is 10.6 Å². The topological polar surface area (TPSA) is 47.6 Å². The first-order chi connectivity index (χ1) is 14.2. The Hall–Kier alpha value is -2.90. The summed E-state index contributed by atoms with van der Waals surface area (Å²) in [5.74, 6) is -1.19. The number of piperidine rings is 1. The molecule has 2 aliphatic rings. The van der Waals surface area contributed by atoms with Gasteiger partial charge in [0, 0.05) is 49.4 Å². The second-order valence-corrected chi connectivity index (χ2v) is 8.09. The molecule has 2 aliphatic heterocycles. The third-order valence-electron chi connectivity index (χ3n) is 5.91. The van der Waals surface area contributed by atoms with Crippen LogP contribution in [0.5, 0.6) is 0 Å². The lowest BCUT2D eigenvalue weighted by atomic mass is 9.96. The fourth-order valence-corrected chi connectivity index (χ4v) is 4.07. The van der Waals surface area contributed by atoms with Gasteiger partial charge in [-0.15, -0.1) is 0 Å². The molecule has 1 saturated heterocycles. The number of halogens is 3. The van der Waals surface area contributed by atoms with Crippen molar-refractivity contribution < 1.29 is 18.0 Å². The fraction of sp³-hybridized carbons (Fsp3) is 0.409. The predicted octanol–water partition coefficient (Wildman–Crippen LogP) is 5.49. The molecule has 4 rings (SSSR count). The average Bonchev–Trinajstić information content (AvgIpc) is 2.70. The zero-order valence-corrected chi connectivity index (χ0v) is 17.0. The number of alkyl halides is 3. The largest absolute Gasteiger partial charge is 0.391 e. The Morgan fingerprint density at radius 1 is 1.10 bits per heavy atom. The molecule has 0 aromatic heterocycles. The van der Waals surface area contributed by atoms with Crippen molar-refractivity contribution in [2.24, 2.45) is 5.92 Å². The maximum atomic E-state index is 12.9. The first-order valence-electron chi connectivity index (χ1n) is 10.0. The molecule has 1 fully saturated rings. The number of aryl methyl sites for hydroxylation is 1. The van der Waals surface area contributed by atoms with Gasteiger partial charge < -0.3 is 20.4 Å². The molecular weight excluding hydrogens is 393 g/mol. The van der Waals surface area contributed by atoms with Gasteiger partial charge in [0.25, 0.3) is 0 Å². The first kappa shape index (κ1) is 20.4. The van der Waals surface area contributed by atoms with E-state index in [0.29, 0.717) is 19.6 Å². The number of anilines is 4. The van der Waals surface area contributed by atoms with Crippen LogP contribution in [0.4, 0.5) is 40.7 Å². The van der Waals surface area contributed by atoms with Crippen LogP contribution in [-0.4, -0.2) is 37.2 Å². The summed E-state index contributed by atoms with van der Waals surface area (Å²) in [6.07, 6.45) is -3.81. The molecule has 2 aromatic carbocycles. The van der Waals surface area contributed by atoms with Gasteiger partial charge in [-0.3, -0.25) is 0 Å². The number of benzene rings is 2. The molecule has 2 heterocycles. The van der Waals surface area contributed by atoms with Crippen molar-refractivity contribution in [1.29, 1.82) is 0 Å². The van der Waals surface area contributed by atoms with E-state index in [9.17, 15) is 18.0 Å². The van der Waals surface area contributed by atoms with Crippen LogP contribution in [0.1, 0.15) is 24.0 Å². The minimum atomic E-state index is -4.09. The van der Waals surface area contributed by atoms with Crippen molar-refractivity contribution in [3.8, 4) is 0 Å². The molecule has 0 radical (unpaired) electrons. The number of urea groups is 1. The molecule has 0 atom stereocenters. The predicted molar refractivity (Wildman–Crippen MR) is 112 cm³/mol. The van der Waals surface area contributed by atoms with Crippen LogP contribution in [0.25, 0.3) is 0 Å².